The number of hydrogen-bond donors (Lipinski definition) is 0. The first kappa shape index (κ1) is 13.9. The topological polar surface area (TPSA) is 57.0 Å². The van der Waals surface area contributed by atoms with Crippen LogP contribution in [0.3, 0.4) is 0 Å². The number of hydrogen-bond acceptors (Lipinski definition) is 4. The van der Waals surface area contributed by atoms with Crippen molar-refractivity contribution in [2.45, 2.75) is 32.2 Å². The summed E-state index contributed by atoms with van der Waals surface area (Å²) in [5, 5.41) is 7.99. The van der Waals surface area contributed by atoms with E-state index in [2.05, 4.69) is 10.3 Å². The molecule has 0 bridgehead atoms. The van der Waals surface area contributed by atoms with Crippen molar-refractivity contribution < 1.29 is 9.22 Å². The summed E-state index contributed by atoms with van der Waals surface area (Å²) in [6.45, 7) is 2.00. The Hall–Kier alpha value is -1.53. The number of carbonyl (C=O) groups excluding carboxylic acids is 1. The molecule has 2 rings (SSSR count). The molecule has 0 unspecified atom stereocenters. The highest BCUT2D eigenvalue weighted by molar-refractivity contribution is 6.26. The maximum Gasteiger partial charge on any atom is 0.248 e. The molecule has 0 N–H and O–H groups in total. The summed E-state index contributed by atoms with van der Waals surface area (Å²) in [4.78, 5) is 12.1. The number of fused-ring (bicyclic) bond motifs is 1. The lowest BCUT2D eigenvalue weighted by molar-refractivity contribution is 0.0887. The summed E-state index contributed by atoms with van der Waals surface area (Å²) in [5.41, 5.74) is 2.69. The van der Waals surface area contributed by atoms with Crippen LogP contribution < -0.4 is 0 Å². The molecule has 0 amide bonds. The van der Waals surface area contributed by atoms with Crippen LogP contribution in [-0.4, -0.2) is 37.8 Å². The van der Waals surface area contributed by atoms with E-state index in [0.29, 0.717) is 6.42 Å². The summed E-state index contributed by atoms with van der Waals surface area (Å²) >= 11 is 0. The molecule has 0 radical (unpaired) electrons. The van der Waals surface area contributed by atoms with Gasteiger partial charge in [0.25, 0.3) is 0 Å². The van der Waals surface area contributed by atoms with Gasteiger partial charge in [-0.05, 0) is 37.1 Å². The minimum absolute atomic E-state index is 0.0189. The van der Waals surface area contributed by atoms with Gasteiger partial charge in [0.2, 0.25) is 5.91 Å². The fraction of sp³-hybridized carbons (Fsp3) is 0.462. The second-order valence-corrected chi connectivity index (χ2v) is 6.38. The van der Waals surface area contributed by atoms with E-state index in [0.717, 1.165) is 35.5 Å². The summed E-state index contributed by atoms with van der Waals surface area (Å²) < 4.78 is 6.54. The number of unbranched alkanes of at least 4 members (excludes halogenated alkanes) is 1. The molecule has 1 aromatic carbocycles. The predicted molar refractivity (Wildman–Crippen MR) is 77.1 cm³/mol. The van der Waals surface area contributed by atoms with Gasteiger partial charge in [-0.2, -0.15) is 4.68 Å². The van der Waals surface area contributed by atoms with Gasteiger partial charge >= 0.3 is 0 Å². The van der Waals surface area contributed by atoms with Crippen LogP contribution in [0.25, 0.3) is 11.0 Å². The lowest BCUT2D eigenvalue weighted by Gasteiger charge is -2.01. The maximum atomic E-state index is 12.1. The van der Waals surface area contributed by atoms with E-state index in [1.165, 1.54) is 4.68 Å². The van der Waals surface area contributed by atoms with E-state index in [1.807, 2.05) is 25.1 Å². The molecule has 0 atom stereocenters. The zero-order valence-electron chi connectivity index (χ0n) is 11.4. The van der Waals surface area contributed by atoms with Gasteiger partial charge in [0.1, 0.15) is 5.52 Å². The summed E-state index contributed by atoms with van der Waals surface area (Å²) in [7, 11) is 1.39. The van der Waals surface area contributed by atoms with Gasteiger partial charge in [0, 0.05) is 13.5 Å². The third-order valence-corrected chi connectivity index (χ3v) is 4.27. The van der Waals surface area contributed by atoms with Gasteiger partial charge in [-0.1, -0.05) is 17.7 Å². The van der Waals surface area contributed by atoms with Gasteiger partial charge in [-0.25, -0.2) is 0 Å². The van der Waals surface area contributed by atoms with Gasteiger partial charge in [-0.15, -0.1) is 5.10 Å². The first-order valence-corrected chi connectivity index (χ1v) is 8.14. The van der Waals surface area contributed by atoms with Crippen LogP contribution in [0.1, 0.15) is 29.6 Å². The van der Waals surface area contributed by atoms with Gasteiger partial charge in [-0.3, -0.25) is 4.79 Å². The lowest BCUT2D eigenvalue weighted by Crippen LogP contribution is -2.12. The standard InChI is InChI=1S/C13H19N3O2Si/c1-10-6-7-12-11(9-10)14-15-16(12)13(17)5-3-4-8-19-18-2/h6-7,9H,3-5,8,19H2,1-2H3. The Balaban J connectivity index is 1.97. The van der Waals surface area contributed by atoms with Crippen molar-refractivity contribution in [1.82, 2.24) is 15.0 Å². The Morgan fingerprint density at radius 3 is 3.05 bits per heavy atom. The van der Waals surface area contributed by atoms with Gasteiger partial charge < -0.3 is 4.43 Å². The van der Waals surface area contributed by atoms with Crippen LogP contribution >= 0.6 is 0 Å². The minimum Gasteiger partial charge on any atom is -0.427 e. The second kappa shape index (κ2) is 6.58. The zero-order chi connectivity index (χ0) is 13.7. The molecule has 0 spiro atoms. The molecule has 5 nitrogen and oxygen atoms in total. The van der Waals surface area contributed by atoms with Crippen LogP contribution in [-0.2, 0) is 4.43 Å². The van der Waals surface area contributed by atoms with Crippen LogP contribution in [0.5, 0.6) is 0 Å². The average molecular weight is 277 g/mol. The number of benzene rings is 1. The van der Waals surface area contributed by atoms with Gasteiger partial charge in [0.15, 0.2) is 9.76 Å². The molecule has 6 heteroatoms. The molecule has 1 aromatic heterocycles. The molecule has 102 valence electrons. The number of aromatic nitrogens is 3. The first-order chi connectivity index (χ1) is 9.22. The minimum atomic E-state index is -0.360. The van der Waals surface area contributed by atoms with Crippen molar-refractivity contribution in [3.05, 3.63) is 23.8 Å². The van der Waals surface area contributed by atoms with Crippen LogP contribution in [0.15, 0.2) is 18.2 Å². The Kier molecular flexibility index (Phi) is 4.81. The Morgan fingerprint density at radius 1 is 1.42 bits per heavy atom. The van der Waals surface area contributed by atoms with E-state index < -0.39 is 0 Å². The molecule has 0 fully saturated rings. The van der Waals surface area contributed by atoms with E-state index in [1.54, 1.807) is 7.11 Å². The predicted octanol–water partition coefficient (Wildman–Crippen LogP) is 1.70. The van der Waals surface area contributed by atoms with Crippen molar-refractivity contribution in [3.8, 4) is 0 Å². The molecule has 0 aliphatic heterocycles. The molecular formula is C13H19N3O2Si. The molecule has 1 heterocycles. The largest absolute Gasteiger partial charge is 0.427 e. The number of aryl methyl sites for hydroxylation is 1. The quantitative estimate of drug-likeness (QED) is 0.595. The van der Waals surface area contributed by atoms with E-state index in [9.17, 15) is 4.79 Å². The summed E-state index contributed by atoms with van der Waals surface area (Å²) in [6, 6.07) is 6.94. The number of rotatable bonds is 6. The third-order valence-electron chi connectivity index (χ3n) is 3.08. The van der Waals surface area contributed by atoms with Crippen LogP contribution in [0.4, 0.5) is 0 Å². The van der Waals surface area contributed by atoms with E-state index in [-0.39, 0.29) is 15.7 Å². The highest BCUT2D eigenvalue weighted by Gasteiger charge is 2.11. The van der Waals surface area contributed by atoms with E-state index in [4.69, 9.17) is 4.43 Å². The Morgan fingerprint density at radius 2 is 2.26 bits per heavy atom. The molecule has 0 aliphatic rings. The Bertz CT molecular complexity index is 568. The van der Waals surface area contributed by atoms with Gasteiger partial charge in [0.05, 0.1) is 5.52 Å². The molecule has 19 heavy (non-hydrogen) atoms. The Labute approximate surface area is 114 Å². The summed E-state index contributed by atoms with van der Waals surface area (Å²) in [5.74, 6) is 0.0189. The molecule has 0 saturated heterocycles. The highest BCUT2D eigenvalue weighted by Crippen LogP contribution is 2.14. The zero-order valence-corrected chi connectivity index (χ0v) is 12.8. The SMILES string of the molecule is CO[SiH2]CCCCC(=O)n1nnc2cc(C)ccc21. The smallest absolute Gasteiger partial charge is 0.248 e. The molecule has 0 saturated carbocycles. The molecule has 2 aromatic rings. The summed E-state index contributed by atoms with van der Waals surface area (Å²) in [6.07, 6.45) is 2.46. The lowest BCUT2D eigenvalue weighted by atomic mass is 10.2. The highest BCUT2D eigenvalue weighted by atomic mass is 28.2. The van der Waals surface area contributed by atoms with Crippen molar-refractivity contribution >= 4 is 26.7 Å². The fourth-order valence-electron chi connectivity index (χ4n) is 2.02. The van der Waals surface area contributed by atoms with Crippen molar-refractivity contribution in [1.29, 1.82) is 0 Å². The number of nitrogens with zero attached hydrogens (tertiary/aromatic N) is 3. The average Bonchev–Trinajstić information content (AvgIpc) is 2.81. The van der Waals surface area contributed by atoms with E-state index >= 15 is 0 Å². The normalized spacial score (nSPS) is 11.7. The molecule has 0 aliphatic carbocycles. The third kappa shape index (κ3) is 3.48. The number of carbonyl (C=O) groups is 1. The maximum absolute atomic E-state index is 12.1. The fourth-order valence-corrected chi connectivity index (χ4v) is 2.87. The first-order valence-electron chi connectivity index (χ1n) is 6.56. The van der Waals surface area contributed by atoms with Crippen molar-refractivity contribution in [2.24, 2.45) is 0 Å². The van der Waals surface area contributed by atoms with Crippen molar-refractivity contribution in [2.75, 3.05) is 7.11 Å². The van der Waals surface area contributed by atoms with Crippen molar-refractivity contribution in [3.63, 3.8) is 0 Å². The van der Waals surface area contributed by atoms with Crippen LogP contribution in [0, 0.1) is 6.92 Å². The molecular weight excluding hydrogens is 258 g/mol. The monoisotopic (exact) mass is 277 g/mol. The van der Waals surface area contributed by atoms with Crippen LogP contribution in [0.2, 0.25) is 6.04 Å². The second-order valence-electron chi connectivity index (χ2n) is 4.69.